The van der Waals surface area contributed by atoms with Gasteiger partial charge in [0.05, 0.1) is 75.8 Å². The largest absolute Gasteiger partial charge is 0.489 e. The third-order valence-electron chi connectivity index (χ3n) is 16.8. The van der Waals surface area contributed by atoms with Gasteiger partial charge in [0, 0.05) is 66.5 Å². The van der Waals surface area contributed by atoms with E-state index < -0.39 is 24.0 Å². The number of halogens is 2. The first kappa shape index (κ1) is 53.0. The molecule has 9 heterocycles. The van der Waals surface area contributed by atoms with Crippen molar-refractivity contribution in [2.45, 2.75) is 122 Å². The van der Waals surface area contributed by atoms with Crippen molar-refractivity contribution >= 4 is 62.4 Å². The van der Waals surface area contributed by atoms with Crippen LogP contribution in [0.15, 0.2) is 72.5 Å². The third-order valence-corrected chi connectivity index (χ3v) is 18.1. The second-order valence-corrected chi connectivity index (χ2v) is 23.4. The highest BCUT2D eigenvalue weighted by molar-refractivity contribution is 7.13. The van der Waals surface area contributed by atoms with Crippen LogP contribution in [0.3, 0.4) is 0 Å². The molecule has 2 amide bonds. The fourth-order valence-electron chi connectivity index (χ4n) is 12.5. The van der Waals surface area contributed by atoms with Crippen molar-refractivity contribution in [2.75, 3.05) is 37.8 Å². The van der Waals surface area contributed by atoms with Crippen LogP contribution in [0.5, 0.6) is 17.5 Å². The molecular weight excluding hydrogens is 1080 g/mol. The van der Waals surface area contributed by atoms with E-state index in [1.165, 1.54) is 11.0 Å². The number of thiazole rings is 1. The average molecular weight is 1140 g/mol. The Balaban J connectivity index is 0.781. The van der Waals surface area contributed by atoms with Crippen LogP contribution in [0.2, 0.25) is 5.02 Å². The number of rotatable bonds is 15. The van der Waals surface area contributed by atoms with Gasteiger partial charge >= 0.3 is 6.01 Å². The van der Waals surface area contributed by atoms with Gasteiger partial charge in [-0.05, 0) is 60.9 Å². The molecule has 81 heavy (non-hydrogen) atoms. The lowest BCUT2D eigenvalue weighted by atomic mass is 9.93. The van der Waals surface area contributed by atoms with Gasteiger partial charge in [-0.3, -0.25) is 14.7 Å². The van der Waals surface area contributed by atoms with E-state index in [0.29, 0.717) is 94.2 Å². The van der Waals surface area contributed by atoms with E-state index in [1.54, 1.807) is 35.3 Å². The predicted octanol–water partition coefficient (Wildman–Crippen LogP) is 8.70. The summed E-state index contributed by atoms with van der Waals surface area (Å²) < 4.78 is 43.6. The van der Waals surface area contributed by atoms with E-state index in [0.717, 1.165) is 52.2 Å². The Morgan fingerprint density at radius 3 is 2.60 bits per heavy atom. The molecule has 420 valence electrons. The molecule has 19 nitrogen and oxygen atoms in total. The Bertz CT molecular complexity index is 3700. The second kappa shape index (κ2) is 21.5. The molecule has 0 radical (unpaired) electrons. The van der Waals surface area contributed by atoms with E-state index in [1.807, 2.05) is 74.8 Å². The van der Waals surface area contributed by atoms with Crippen LogP contribution in [0, 0.1) is 18.7 Å². The number of β-amino-alcohol motifs (C(OH)–C–C–N with tert-alkyl or cyclic N) is 1. The average Bonchev–Trinajstić information content (AvgIpc) is 4.39. The number of aromatic nitrogens is 8. The van der Waals surface area contributed by atoms with Crippen molar-refractivity contribution in [1.82, 2.24) is 55.7 Å². The first-order valence-electron chi connectivity index (χ1n) is 27.9. The maximum absolute atomic E-state index is 16.1. The number of carbonyl (C=O) groups excluding carboxylic acids is 2. The highest BCUT2D eigenvalue weighted by Crippen LogP contribution is 2.55. The van der Waals surface area contributed by atoms with Gasteiger partial charge in [-0.25, -0.2) is 14.1 Å². The standard InChI is InChI=1S/C59H62ClFN12O7S/c1-6-41-55(81-28-63-41)35-13-11-33(12-14-35)31(5)65-57(75)45-20-37(74)24-71(45)58(76)52(29(2)3)72-25-44(69-70-72)34-9-7-32(8-10-34)26-78-54-48(47-30(4)40(61)21-42-39(47)23-64-68-42)50(60)53-49-51(54)66-59(80-38-15-17-77-18-16-38)67-56(49)73-36-19-43(62-22-36)46(73)27-79-53/h7-14,21,23,25,28-29,31,36-38,43,45-46,52,62,74H,6,15-20,22,24,26-27H2,1-5H3,(H,64,68)(H,65,75)/t31-,36-,37+,43-,45-,46+,52-/m0/s1. The normalized spacial score (nSPS) is 21.4. The number of aryl methyl sites for hydroxylation is 1. The molecule has 13 rings (SSSR count). The molecule has 0 saturated carbocycles. The Labute approximate surface area is 475 Å². The number of hydrogen-bond donors (Lipinski definition) is 4. The molecule has 4 N–H and O–H groups in total. The molecule has 5 aliphatic heterocycles. The van der Waals surface area contributed by atoms with Gasteiger partial charge in [0.15, 0.2) is 11.5 Å². The number of benzene rings is 4. The number of nitrogens with one attached hydrogen (secondary N) is 3. The lowest BCUT2D eigenvalue weighted by Crippen LogP contribution is -2.53. The minimum absolute atomic E-state index is 0.0106. The molecule has 4 aromatic carbocycles. The number of amides is 2. The minimum atomic E-state index is -0.883. The van der Waals surface area contributed by atoms with Gasteiger partial charge in [0.25, 0.3) is 0 Å². The van der Waals surface area contributed by atoms with Gasteiger partial charge < -0.3 is 44.5 Å². The number of H-pyrrole nitrogens is 1. The number of ether oxygens (including phenoxy) is 4. The molecule has 0 spiro atoms. The number of aromatic amines is 1. The van der Waals surface area contributed by atoms with E-state index in [2.05, 4.69) is 48.0 Å². The Morgan fingerprint density at radius 2 is 1.83 bits per heavy atom. The number of anilines is 1. The maximum atomic E-state index is 16.1. The number of likely N-dealkylation sites (tertiary alicyclic amines) is 1. The van der Waals surface area contributed by atoms with Crippen molar-refractivity contribution < 1.29 is 38.0 Å². The van der Waals surface area contributed by atoms with Crippen LogP contribution in [0.4, 0.5) is 10.2 Å². The van der Waals surface area contributed by atoms with Crippen LogP contribution in [-0.4, -0.2) is 131 Å². The molecule has 2 bridgehead atoms. The first-order chi connectivity index (χ1) is 39.3. The minimum Gasteiger partial charge on any atom is -0.489 e. The topological polar surface area (TPSA) is 220 Å². The van der Waals surface area contributed by atoms with Crippen LogP contribution < -0.4 is 29.7 Å². The predicted molar refractivity (Wildman–Crippen MR) is 304 cm³/mol. The van der Waals surface area contributed by atoms with Gasteiger partial charge in [-0.15, -0.1) is 16.4 Å². The molecule has 8 aromatic rings. The van der Waals surface area contributed by atoms with Crippen molar-refractivity contribution in [3.63, 3.8) is 0 Å². The van der Waals surface area contributed by atoms with E-state index >= 15 is 4.39 Å². The van der Waals surface area contributed by atoms with Gasteiger partial charge in [0.2, 0.25) is 11.8 Å². The summed E-state index contributed by atoms with van der Waals surface area (Å²) in [6.07, 6.45) is 5.59. The summed E-state index contributed by atoms with van der Waals surface area (Å²) in [5.41, 5.74) is 9.06. The van der Waals surface area contributed by atoms with E-state index in [9.17, 15) is 14.7 Å². The van der Waals surface area contributed by atoms with Gasteiger partial charge in [-0.2, -0.15) is 15.1 Å². The van der Waals surface area contributed by atoms with Crippen LogP contribution >= 0.6 is 22.9 Å². The molecule has 4 fully saturated rings. The highest BCUT2D eigenvalue weighted by atomic mass is 35.5. The quantitative estimate of drug-likeness (QED) is 0.0754. The molecule has 7 atom stereocenters. The van der Waals surface area contributed by atoms with Crippen molar-refractivity contribution in [3.8, 4) is 50.3 Å². The number of fused-ring (bicyclic) bond motifs is 7. The summed E-state index contributed by atoms with van der Waals surface area (Å²) >= 11 is 9.24. The number of hydrogen-bond acceptors (Lipinski definition) is 16. The van der Waals surface area contributed by atoms with E-state index in [4.69, 9.17) is 40.5 Å². The Hall–Kier alpha value is -7.30. The molecule has 0 aliphatic carbocycles. The SMILES string of the molecule is CCc1ncsc1-c1ccc([C@H](C)NC(=O)[C@@H]2C[C@@H](O)CN2C(=O)[C@H](C(C)C)n2cc(-c3ccc(COc4c(-c5c(C)c(F)cc6[nH]ncc56)c(Cl)c5c6c(nc(OC7CCOCC7)nc46)N4[C@@H]6CN[C@@H](C6)[C@H]4CO5)cc3)nn2)cc1. The zero-order valence-corrected chi connectivity index (χ0v) is 47.1. The summed E-state index contributed by atoms with van der Waals surface area (Å²) in [5.74, 6) is -0.0315. The number of aliphatic hydroxyl groups excluding tert-OH is 1. The fourth-order valence-corrected chi connectivity index (χ4v) is 13.8. The zero-order valence-electron chi connectivity index (χ0n) is 45.5. The molecular formula is C59H62ClFN12O7S. The van der Waals surface area contributed by atoms with Crippen LogP contribution in [0.25, 0.3) is 54.6 Å². The number of nitrogens with zero attached hydrogens (tertiary/aromatic N) is 9. The lowest BCUT2D eigenvalue weighted by Gasteiger charge is -2.35. The van der Waals surface area contributed by atoms with Crippen molar-refractivity contribution in [1.29, 1.82) is 0 Å². The summed E-state index contributed by atoms with van der Waals surface area (Å²) in [4.78, 5) is 48.3. The highest BCUT2D eigenvalue weighted by Gasteiger charge is 2.50. The Kier molecular flexibility index (Phi) is 14.1. The van der Waals surface area contributed by atoms with Crippen LogP contribution in [0.1, 0.15) is 87.8 Å². The summed E-state index contributed by atoms with van der Waals surface area (Å²) in [6, 6.07) is 15.6. The second-order valence-electron chi connectivity index (χ2n) is 22.2. The monoisotopic (exact) mass is 1140 g/mol. The number of piperazine rings is 1. The third kappa shape index (κ3) is 9.59. The fraction of sp³-hybridized carbons (Fsp3) is 0.424. The smallest absolute Gasteiger partial charge is 0.319 e. The van der Waals surface area contributed by atoms with Gasteiger partial charge in [-0.1, -0.05) is 86.1 Å². The van der Waals surface area contributed by atoms with Crippen molar-refractivity contribution in [3.05, 3.63) is 106 Å². The van der Waals surface area contributed by atoms with E-state index in [-0.39, 0.29) is 78.6 Å². The summed E-state index contributed by atoms with van der Waals surface area (Å²) in [5, 5.41) is 35.4. The number of aliphatic hydroxyl groups is 1. The maximum Gasteiger partial charge on any atom is 0.319 e. The van der Waals surface area contributed by atoms with Crippen LogP contribution in [-0.2, 0) is 27.4 Å². The molecule has 4 saturated heterocycles. The molecule has 22 heteroatoms. The van der Waals surface area contributed by atoms with Crippen molar-refractivity contribution in [2.24, 2.45) is 5.92 Å². The lowest BCUT2D eigenvalue weighted by molar-refractivity contribution is -0.142. The zero-order chi connectivity index (χ0) is 55.8. The molecule has 5 aliphatic rings. The summed E-state index contributed by atoms with van der Waals surface area (Å²) in [6.45, 7) is 11.8. The molecule has 4 aromatic heterocycles. The summed E-state index contributed by atoms with van der Waals surface area (Å²) in [7, 11) is 0. The Morgan fingerprint density at radius 1 is 1.04 bits per heavy atom. The first-order valence-corrected chi connectivity index (χ1v) is 29.1. The molecule has 0 unspecified atom stereocenters. The van der Waals surface area contributed by atoms with Gasteiger partial charge in [0.1, 0.15) is 54.2 Å². The number of carbonyl (C=O) groups is 2.